The first-order valence-electron chi connectivity index (χ1n) is 7.58. The zero-order valence-electron chi connectivity index (χ0n) is 12.3. The van der Waals surface area contributed by atoms with Crippen molar-refractivity contribution < 1.29 is 9.84 Å². The van der Waals surface area contributed by atoms with Crippen LogP contribution in [0, 0.1) is 0 Å². The van der Waals surface area contributed by atoms with E-state index in [-0.39, 0.29) is 6.61 Å². The fourth-order valence-corrected chi connectivity index (χ4v) is 2.68. The van der Waals surface area contributed by atoms with E-state index in [1.807, 2.05) is 24.3 Å². The number of hydrogen-bond donors (Lipinski definition) is 2. The number of rotatable bonds is 9. The second-order valence-electron chi connectivity index (χ2n) is 5.44. The van der Waals surface area contributed by atoms with Crippen molar-refractivity contribution in [1.29, 1.82) is 0 Å². The zero-order valence-corrected chi connectivity index (χ0v) is 13.1. The first-order chi connectivity index (χ1) is 10.2. The molecule has 0 heterocycles. The smallest absolute Gasteiger partial charge is 0.119 e. The largest absolute Gasteiger partial charge is 0.494 e. The van der Waals surface area contributed by atoms with Crippen molar-refractivity contribution in [3.8, 4) is 5.75 Å². The Bertz CT molecular complexity index is 463. The van der Waals surface area contributed by atoms with Gasteiger partial charge >= 0.3 is 0 Å². The number of ether oxygens (including phenoxy) is 1. The van der Waals surface area contributed by atoms with Crippen molar-refractivity contribution in [2.75, 3.05) is 26.3 Å². The van der Waals surface area contributed by atoms with Crippen molar-refractivity contribution in [1.82, 2.24) is 4.90 Å². The fraction of sp³-hybridized carbons (Fsp3) is 0.562. The predicted molar refractivity (Wildman–Crippen MR) is 88.7 cm³/mol. The molecule has 1 aromatic carbocycles. The highest BCUT2D eigenvalue weighted by molar-refractivity contribution is 7.80. The molecule has 0 saturated heterocycles. The Hall–Kier alpha value is -1.17. The molecule has 0 bridgehead atoms. The van der Waals surface area contributed by atoms with Crippen LogP contribution in [0.25, 0.3) is 0 Å². The van der Waals surface area contributed by atoms with Gasteiger partial charge in [0.15, 0.2) is 0 Å². The molecule has 3 N–H and O–H groups in total. The summed E-state index contributed by atoms with van der Waals surface area (Å²) in [6.45, 7) is 2.63. The summed E-state index contributed by atoms with van der Waals surface area (Å²) < 4.78 is 5.75. The molecule has 1 aromatic rings. The van der Waals surface area contributed by atoms with Crippen LogP contribution < -0.4 is 10.5 Å². The molecule has 21 heavy (non-hydrogen) atoms. The highest BCUT2D eigenvalue weighted by Gasteiger charge is 2.23. The Kier molecular flexibility index (Phi) is 6.42. The van der Waals surface area contributed by atoms with Gasteiger partial charge in [0, 0.05) is 24.7 Å². The predicted octanol–water partition coefficient (Wildman–Crippen LogP) is 1.94. The molecule has 0 radical (unpaired) electrons. The molecular weight excluding hydrogens is 284 g/mol. The molecule has 4 nitrogen and oxygen atoms in total. The van der Waals surface area contributed by atoms with Gasteiger partial charge < -0.3 is 15.6 Å². The van der Waals surface area contributed by atoms with E-state index in [1.165, 1.54) is 19.3 Å². The van der Waals surface area contributed by atoms with Gasteiger partial charge in [0.25, 0.3) is 0 Å². The zero-order chi connectivity index (χ0) is 15.1. The number of aliphatic hydroxyl groups excluding tert-OH is 1. The monoisotopic (exact) mass is 308 g/mol. The number of hydrogen-bond acceptors (Lipinski definition) is 4. The van der Waals surface area contributed by atoms with E-state index in [1.54, 1.807) is 0 Å². The first kappa shape index (κ1) is 16.2. The van der Waals surface area contributed by atoms with E-state index in [4.69, 9.17) is 27.8 Å². The van der Waals surface area contributed by atoms with Gasteiger partial charge in [-0.25, -0.2) is 0 Å². The molecule has 0 atom stereocenters. The molecule has 1 saturated carbocycles. The summed E-state index contributed by atoms with van der Waals surface area (Å²) >= 11 is 4.96. The van der Waals surface area contributed by atoms with Crippen LogP contribution in [0.15, 0.2) is 24.3 Å². The van der Waals surface area contributed by atoms with E-state index in [9.17, 15) is 0 Å². The van der Waals surface area contributed by atoms with Crippen LogP contribution in [-0.4, -0.2) is 47.3 Å². The minimum absolute atomic E-state index is 0.230. The van der Waals surface area contributed by atoms with Crippen LogP contribution >= 0.6 is 12.2 Å². The second-order valence-corrected chi connectivity index (χ2v) is 5.88. The number of aliphatic hydroxyl groups is 1. The Labute approximate surface area is 131 Å². The SMILES string of the molecule is NC(=S)c1cccc(OCCCN(CCO)C2CCC2)c1. The second kappa shape index (κ2) is 8.32. The van der Waals surface area contributed by atoms with Gasteiger partial charge in [0.1, 0.15) is 10.7 Å². The quantitative estimate of drug-likeness (QED) is 0.539. The summed E-state index contributed by atoms with van der Waals surface area (Å²) in [7, 11) is 0. The molecule has 0 spiro atoms. The third-order valence-corrected chi connectivity index (χ3v) is 4.19. The van der Waals surface area contributed by atoms with Crippen molar-refractivity contribution in [2.24, 2.45) is 5.73 Å². The van der Waals surface area contributed by atoms with Crippen LogP contribution in [0.5, 0.6) is 5.75 Å². The fourth-order valence-electron chi connectivity index (χ4n) is 2.55. The van der Waals surface area contributed by atoms with E-state index >= 15 is 0 Å². The van der Waals surface area contributed by atoms with Gasteiger partial charge in [-0.3, -0.25) is 4.90 Å². The average molecular weight is 308 g/mol. The highest BCUT2D eigenvalue weighted by Crippen LogP contribution is 2.24. The summed E-state index contributed by atoms with van der Waals surface area (Å²) in [5, 5.41) is 9.13. The lowest BCUT2D eigenvalue weighted by Gasteiger charge is -2.37. The van der Waals surface area contributed by atoms with E-state index in [0.29, 0.717) is 17.6 Å². The minimum Gasteiger partial charge on any atom is -0.494 e. The first-order valence-corrected chi connectivity index (χ1v) is 7.99. The molecule has 1 fully saturated rings. The lowest BCUT2D eigenvalue weighted by atomic mass is 9.91. The molecule has 0 aliphatic heterocycles. The molecule has 0 amide bonds. The molecule has 5 heteroatoms. The summed E-state index contributed by atoms with van der Waals surface area (Å²) in [5.74, 6) is 0.803. The third kappa shape index (κ3) is 4.95. The van der Waals surface area contributed by atoms with Crippen LogP contribution in [0.1, 0.15) is 31.2 Å². The number of nitrogens with two attached hydrogens (primary N) is 1. The van der Waals surface area contributed by atoms with Gasteiger partial charge in [0.05, 0.1) is 13.2 Å². The van der Waals surface area contributed by atoms with Crippen LogP contribution in [-0.2, 0) is 0 Å². The molecular formula is C16H24N2O2S. The van der Waals surface area contributed by atoms with Crippen molar-refractivity contribution in [3.63, 3.8) is 0 Å². The summed E-state index contributed by atoms with van der Waals surface area (Å²) in [4.78, 5) is 2.76. The summed E-state index contributed by atoms with van der Waals surface area (Å²) in [6.07, 6.45) is 4.79. The van der Waals surface area contributed by atoms with E-state index < -0.39 is 0 Å². The average Bonchev–Trinajstić information content (AvgIpc) is 2.42. The van der Waals surface area contributed by atoms with Gasteiger partial charge in [0.2, 0.25) is 0 Å². The van der Waals surface area contributed by atoms with Crippen molar-refractivity contribution in [3.05, 3.63) is 29.8 Å². The molecule has 1 aliphatic carbocycles. The van der Waals surface area contributed by atoms with E-state index in [2.05, 4.69) is 4.90 Å². The van der Waals surface area contributed by atoms with Gasteiger partial charge in [-0.2, -0.15) is 0 Å². The third-order valence-electron chi connectivity index (χ3n) is 3.96. The standard InChI is InChI=1S/C16H24N2O2S/c17-16(21)13-4-1-7-15(12-13)20-11-3-8-18(9-10-19)14-5-2-6-14/h1,4,7,12,14,19H,2-3,5-6,8-11H2,(H2,17,21). The van der Waals surface area contributed by atoms with Crippen LogP contribution in [0.3, 0.4) is 0 Å². The Balaban J connectivity index is 1.73. The highest BCUT2D eigenvalue weighted by atomic mass is 32.1. The molecule has 1 aliphatic rings. The number of thiocarbonyl (C=S) groups is 1. The summed E-state index contributed by atoms with van der Waals surface area (Å²) in [5.41, 5.74) is 6.44. The van der Waals surface area contributed by atoms with Gasteiger partial charge in [-0.15, -0.1) is 0 Å². The maximum atomic E-state index is 9.13. The van der Waals surface area contributed by atoms with Gasteiger partial charge in [-0.1, -0.05) is 30.8 Å². The minimum atomic E-state index is 0.230. The topological polar surface area (TPSA) is 58.7 Å². The molecule has 116 valence electrons. The Morgan fingerprint density at radius 2 is 2.19 bits per heavy atom. The van der Waals surface area contributed by atoms with Crippen molar-refractivity contribution in [2.45, 2.75) is 31.7 Å². The maximum absolute atomic E-state index is 9.13. The lowest BCUT2D eigenvalue weighted by molar-refractivity contribution is 0.0952. The normalized spacial score (nSPS) is 15.0. The number of nitrogens with zero attached hydrogens (tertiary/aromatic N) is 1. The lowest BCUT2D eigenvalue weighted by Crippen LogP contribution is -2.42. The maximum Gasteiger partial charge on any atom is 0.119 e. The molecule has 0 aromatic heterocycles. The van der Waals surface area contributed by atoms with Crippen LogP contribution in [0.4, 0.5) is 0 Å². The van der Waals surface area contributed by atoms with Crippen LogP contribution in [0.2, 0.25) is 0 Å². The van der Waals surface area contributed by atoms with Crippen molar-refractivity contribution >= 4 is 17.2 Å². The van der Waals surface area contributed by atoms with Gasteiger partial charge in [-0.05, 0) is 31.4 Å². The Morgan fingerprint density at radius 1 is 1.38 bits per heavy atom. The van der Waals surface area contributed by atoms with E-state index in [0.717, 1.165) is 30.8 Å². The molecule has 0 unspecified atom stereocenters. The molecule has 2 rings (SSSR count). The summed E-state index contributed by atoms with van der Waals surface area (Å²) in [6, 6.07) is 8.24. The Morgan fingerprint density at radius 3 is 2.81 bits per heavy atom. The number of benzene rings is 1.